The van der Waals surface area contributed by atoms with Gasteiger partial charge in [-0.15, -0.1) is 0 Å². The van der Waals surface area contributed by atoms with E-state index in [0.29, 0.717) is 5.02 Å². The van der Waals surface area contributed by atoms with E-state index >= 15 is 0 Å². The number of H-pyrrole nitrogens is 1. The molecule has 2 saturated carbocycles. The first-order valence-electron chi connectivity index (χ1n) is 7.12. The first-order valence-corrected chi connectivity index (χ1v) is 7.50. The predicted molar refractivity (Wildman–Crippen MR) is 78.8 cm³/mol. The number of halogens is 1. The first kappa shape index (κ1) is 13.1. The second kappa shape index (κ2) is 4.21. The van der Waals surface area contributed by atoms with E-state index < -0.39 is 5.60 Å². The van der Waals surface area contributed by atoms with Crippen LogP contribution < -0.4 is 5.32 Å². The van der Waals surface area contributed by atoms with Gasteiger partial charge < -0.3 is 10.4 Å². The number of benzene rings is 1. The molecule has 0 spiro atoms. The Hall–Kier alpha value is -1.59. The summed E-state index contributed by atoms with van der Waals surface area (Å²) in [6, 6.07) is 3.83. The Morgan fingerprint density at radius 2 is 2.19 bits per heavy atom. The average Bonchev–Trinajstić information content (AvgIpc) is 2.83. The Kier molecular flexibility index (Phi) is 2.63. The predicted octanol–water partition coefficient (Wildman–Crippen LogP) is 1.95. The monoisotopic (exact) mass is 305 g/mol. The van der Waals surface area contributed by atoms with Gasteiger partial charge in [-0.3, -0.25) is 9.89 Å². The van der Waals surface area contributed by atoms with Gasteiger partial charge in [0.05, 0.1) is 17.3 Å². The van der Waals surface area contributed by atoms with Gasteiger partial charge in [0.1, 0.15) is 0 Å². The molecule has 6 heteroatoms. The van der Waals surface area contributed by atoms with E-state index in [4.69, 9.17) is 11.6 Å². The van der Waals surface area contributed by atoms with Crippen LogP contribution in [0.3, 0.4) is 0 Å². The molecule has 2 aliphatic carbocycles. The van der Waals surface area contributed by atoms with E-state index in [2.05, 4.69) is 15.5 Å². The smallest absolute Gasteiger partial charge is 0.217 e. The van der Waals surface area contributed by atoms with Gasteiger partial charge in [-0.05, 0) is 30.5 Å². The molecule has 0 saturated heterocycles. The van der Waals surface area contributed by atoms with Crippen molar-refractivity contribution in [3.05, 3.63) is 28.9 Å². The summed E-state index contributed by atoms with van der Waals surface area (Å²) < 4.78 is 0. The third-order valence-corrected chi connectivity index (χ3v) is 5.16. The SMILES string of the molecule is CC(=O)N[C@H]1C[C@@H]2[C@H](C1)[C@@]2(O)c1cc(Cl)cc2[nH]ncc12. The van der Waals surface area contributed by atoms with E-state index in [1.165, 1.54) is 6.92 Å². The topological polar surface area (TPSA) is 78.0 Å². The standard InChI is InChI=1S/C15H16ClN3O2/c1-7(20)18-9-4-12-13(5-9)15(12,21)11-2-8(16)3-14-10(11)6-17-19-14/h2-3,6,9,12-13,21H,4-5H2,1H3,(H,17,19)(H,18,20)/t9-,12+,13-,15+. The van der Waals surface area contributed by atoms with Crippen molar-refractivity contribution in [2.45, 2.75) is 31.4 Å². The zero-order chi connectivity index (χ0) is 14.8. The summed E-state index contributed by atoms with van der Waals surface area (Å²) in [5.74, 6) is 0.363. The van der Waals surface area contributed by atoms with Crippen LogP contribution in [0.4, 0.5) is 0 Å². The van der Waals surface area contributed by atoms with Crippen LogP contribution in [-0.4, -0.2) is 27.3 Å². The van der Waals surface area contributed by atoms with Gasteiger partial charge in [-0.25, -0.2) is 0 Å². The highest BCUT2D eigenvalue weighted by Crippen LogP contribution is 2.67. The maximum absolute atomic E-state index is 11.1. The van der Waals surface area contributed by atoms with Crippen molar-refractivity contribution < 1.29 is 9.90 Å². The summed E-state index contributed by atoms with van der Waals surface area (Å²) in [4.78, 5) is 11.1. The summed E-state index contributed by atoms with van der Waals surface area (Å²) in [6.45, 7) is 1.53. The molecule has 21 heavy (non-hydrogen) atoms. The van der Waals surface area contributed by atoms with Crippen molar-refractivity contribution in [1.82, 2.24) is 15.5 Å². The Morgan fingerprint density at radius 1 is 1.48 bits per heavy atom. The number of nitrogens with zero attached hydrogens (tertiary/aromatic N) is 1. The summed E-state index contributed by atoms with van der Waals surface area (Å²) in [7, 11) is 0. The quantitative estimate of drug-likeness (QED) is 0.793. The molecule has 5 nitrogen and oxygen atoms in total. The van der Waals surface area contributed by atoms with Crippen molar-refractivity contribution in [3.8, 4) is 0 Å². The highest BCUT2D eigenvalue weighted by Gasteiger charge is 2.69. The number of aromatic amines is 1. The Bertz CT molecular complexity index is 730. The number of fused-ring (bicyclic) bond motifs is 2. The molecule has 0 bridgehead atoms. The lowest BCUT2D eigenvalue weighted by molar-refractivity contribution is -0.119. The largest absolute Gasteiger partial charge is 0.385 e. The van der Waals surface area contributed by atoms with Gasteiger partial charge in [-0.1, -0.05) is 11.6 Å². The van der Waals surface area contributed by atoms with Crippen LogP contribution in [0.1, 0.15) is 25.3 Å². The number of aromatic nitrogens is 2. The maximum atomic E-state index is 11.1. The van der Waals surface area contributed by atoms with Crippen molar-refractivity contribution in [2.24, 2.45) is 11.8 Å². The molecule has 0 unspecified atom stereocenters. The Balaban J connectivity index is 1.66. The third-order valence-electron chi connectivity index (χ3n) is 4.95. The molecule has 1 heterocycles. The molecule has 4 rings (SSSR count). The van der Waals surface area contributed by atoms with E-state index in [1.807, 2.05) is 12.1 Å². The maximum Gasteiger partial charge on any atom is 0.217 e. The molecular weight excluding hydrogens is 290 g/mol. The molecule has 3 N–H and O–H groups in total. The van der Waals surface area contributed by atoms with Crippen LogP contribution in [0.2, 0.25) is 5.02 Å². The third kappa shape index (κ3) is 1.80. The van der Waals surface area contributed by atoms with E-state index in [1.54, 1.807) is 6.20 Å². The van der Waals surface area contributed by atoms with Crippen LogP contribution in [0.25, 0.3) is 10.9 Å². The average molecular weight is 306 g/mol. The summed E-state index contributed by atoms with van der Waals surface area (Å²) in [5.41, 5.74) is 0.867. The lowest BCUT2D eigenvalue weighted by Crippen LogP contribution is -2.34. The fourth-order valence-electron chi connectivity index (χ4n) is 4.07. The number of hydrogen-bond donors (Lipinski definition) is 3. The van der Waals surface area contributed by atoms with Gasteiger partial charge in [0.15, 0.2) is 0 Å². The van der Waals surface area contributed by atoms with Crippen LogP contribution in [0.5, 0.6) is 0 Å². The van der Waals surface area contributed by atoms with Crippen molar-refractivity contribution in [3.63, 3.8) is 0 Å². The fraction of sp³-hybridized carbons (Fsp3) is 0.467. The Morgan fingerprint density at radius 3 is 2.86 bits per heavy atom. The minimum Gasteiger partial charge on any atom is -0.385 e. The lowest BCUT2D eigenvalue weighted by atomic mass is 9.94. The van der Waals surface area contributed by atoms with Crippen molar-refractivity contribution in [1.29, 1.82) is 0 Å². The summed E-state index contributed by atoms with van der Waals surface area (Å²) in [5, 5.41) is 22.5. The minimum absolute atomic E-state index is 0.00943. The van der Waals surface area contributed by atoms with Crippen LogP contribution in [-0.2, 0) is 10.4 Å². The molecule has 0 radical (unpaired) electrons. The molecule has 1 aromatic heterocycles. The molecule has 4 atom stereocenters. The van der Waals surface area contributed by atoms with Gasteiger partial charge in [0.2, 0.25) is 5.91 Å². The molecule has 2 aliphatic rings. The fourth-order valence-corrected chi connectivity index (χ4v) is 4.29. The summed E-state index contributed by atoms with van der Waals surface area (Å²) >= 11 is 6.15. The van der Waals surface area contributed by atoms with Gasteiger partial charge in [-0.2, -0.15) is 5.10 Å². The number of nitrogens with one attached hydrogen (secondary N) is 2. The lowest BCUT2D eigenvalue weighted by Gasteiger charge is -2.21. The van der Waals surface area contributed by atoms with Crippen LogP contribution in [0.15, 0.2) is 18.3 Å². The molecule has 110 valence electrons. The highest BCUT2D eigenvalue weighted by molar-refractivity contribution is 6.31. The molecular formula is C15H16ClN3O2. The molecule has 1 aromatic carbocycles. The first-order chi connectivity index (χ1) is 10.00. The minimum atomic E-state index is -0.831. The highest BCUT2D eigenvalue weighted by atomic mass is 35.5. The Labute approximate surface area is 126 Å². The van der Waals surface area contributed by atoms with Gasteiger partial charge in [0, 0.05) is 35.2 Å². The molecule has 2 aromatic rings. The normalized spacial score (nSPS) is 34.0. The van der Waals surface area contributed by atoms with Crippen molar-refractivity contribution in [2.75, 3.05) is 0 Å². The van der Waals surface area contributed by atoms with E-state index in [0.717, 1.165) is 29.3 Å². The summed E-state index contributed by atoms with van der Waals surface area (Å²) in [6.07, 6.45) is 3.36. The second-order valence-electron chi connectivity index (χ2n) is 6.19. The number of rotatable bonds is 2. The van der Waals surface area contributed by atoms with Crippen molar-refractivity contribution >= 4 is 28.4 Å². The molecule has 0 aliphatic heterocycles. The number of carbonyl (C=O) groups excluding carboxylic acids is 1. The van der Waals surface area contributed by atoms with E-state index in [-0.39, 0.29) is 23.8 Å². The molecule has 2 fully saturated rings. The zero-order valence-electron chi connectivity index (χ0n) is 11.6. The number of amides is 1. The van der Waals surface area contributed by atoms with Gasteiger partial charge in [0.25, 0.3) is 0 Å². The van der Waals surface area contributed by atoms with Crippen LogP contribution >= 0.6 is 11.6 Å². The second-order valence-corrected chi connectivity index (χ2v) is 6.63. The number of carbonyl (C=O) groups is 1. The van der Waals surface area contributed by atoms with Crippen LogP contribution in [0, 0.1) is 11.8 Å². The number of aliphatic hydroxyl groups is 1. The zero-order valence-corrected chi connectivity index (χ0v) is 12.3. The molecule has 1 amide bonds. The van der Waals surface area contributed by atoms with Gasteiger partial charge >= 0.3 is 0 Å². The van der Waals surface area contributed by atoms with E-state index in [9.17, 15) is 9.90 Å². The number of hydrogen-bond acceptors (Lipinski definition) is 3.